The number of aldehydes is 1. The third kappa shape index (κ3) is 2.83. The summed E-state index contributed by atoms with van der Waals surface area (Å²) in [5, 5.41) is 1.04. The summed E-state index contributed by atoms with van der Waals surface area (Å²) < 4.78 is 0. The number of rotatable bonds is 5. The molecule has 0 atom stereocenters. The van der Waals surface area contributed by atoms with Crippen LogP contribution in [0.2, 0.25) is 0 Å². The number of nitrogens with zero attached hydrogens (tertiary/aromatic N) is 2. The van der Waals surface area contributed by atoms with Gasteiger partial charge in [0.2, 0.25) is 0 Å². The topological polar surface area (TPSA) is 33.2 Å². The highest BCUT2D eigenvalue weighted by molar-refractivity contribution is 7.17. The van der Waals surface area contributed by atoms with E-state index in [1.807, 2.05) is 0 Å². The van der Waals surface area contributed by atoms with Gasteiger partial charge in [-0.25, -0.2) is 4.98 Å². The fourth-order valence-electron chi connectivity index (χ4n) is 2.96. The average molecular weight is 280 g/mol. The molecule has 2 heterocycles. The number of piperidine rings is 1. The number of carbonyl (C=O) groups is 1. The lowest BCUT2D eigenvalue weighted by Crippen LogP contribution is -2.39. The minimum Gasteiger partial charge on any atom is -0.348 e. The second kappa shape index (κ2) is 6.04. The summed E-state index contributed by atoms with van der Waals surface area (Å²) in [5.74, 6) is 0. The van der Waals surface area contributed by atoms with Gasteiger partial charge in [0.1, 0.15) is 0 Å². The van der Waals surface area contributed by atoms with Gasteiger partial charge in [-0.1, -0.05) is 44.9 Å². The van der Waals surface area contributed by atoms with Gasteiger partial charge >= 0.3 is 0 Å². The molecule has 2 rings (SSSR count). The summed E-state index contributed by atoms with van der Waals surface area (Å²) in [6, 6.07) is 0. The smallest absolute Gasteiger partial charge is 0.186 e. The van der Waals surface area contributed by atoms with Gasteiger partial charge < -0.3 is 4.90 Å². The Hall–Kier alpha value is -0.900. The van der Waals surface area contributed by atoms with Gasteiger partial charge in [0, 0.05) is 13.1 Å². The SMILES string of the molecule is CCc1nc(N2CCC(CC)(CC)CC2)sc1C=O. The lowest BCUT2D eigenvalue weighted by Gasteiger charge is -2.40. The summed E-state index contributed by atoms with van der Waals surface area (Å²) in [7, 11) is 0. The number of aromatic nitrogens is 1. The van der Waals surface area contributed by atoms with E-state index in [4.69, 9.17) is 0 Å². The molecule has 1 fully saturated rings. The van der Waals surface area contributed by atoms with Crippen molar-refractivity contribution in [1.29, 1.82) is 0 Å². The maximum Gasteiger partial charge on any atom is 0.186 e. The summed E-state index contributed by atoms with van der Waals surface area (Å²) in [4.78, 5) is 18.8. The summed E-state index contributed by atoms with van der Waals surface area (Å²) in [6.07, 6.45) is 6.83. The Bertz CT molecular complexity index is 427. The predicted octanol–water partition coefficient (Wildman–Crippen LogP) is 3.92. The normalized spacial score (nSPS) is 18.6. The first-order valence-electron chi connectivity index (χ1n) is 7.37. The molecule has 4 heteroatoms. The minimum atomic E-state index is 0.537. The highest BCUT2D eigenvalue weighted by Crippen LogP contribution is 2.40. The molecule has 0 amide bonds. The largest absolute Gasteiger partial charge is 0.348 e. The van der Waals surface area contributed by atoms with Crippen molar-refractivity contribution >= 4 is 22.8 Å². The fourth-order valence-corrected chi connectivity index (χ4v) is 3.98. The van der Waals surface area contributed by atoms with E-state index in [0.29, 0.717) is 5.41 Å². The van der Waals surface area contributed by atoms with E-state index in [1.165, 1.54) is 25.7 Å². The maximum atomic E-state index is 11.0. The number of hydrogen-bond acceptors (Lipinski definition) is 4. The van der Waals surface area contributed by atoms with Gasteiger partial charge in [0.25, 0.3) is 0 Å². The molecule has 0 saturated carbocycles. The first-order chi connectivity index (χ1) is 9.18. The van der Waals surface area contributed by atoms with E-state index >= 15 is 0 Å². The van der Waals surface area contributed by atoms with Crippen LogP contribution in [0.3, 0.4) is 0 Å². The third-order valence-electron chi connectivity index (χ3n) is 4.75. The minimum absolute atomic E-state index is 0.537. The van der Waals surface area contributed by atoms with Crippen molar-refractivity contribution in [2.24, 2.45) is 5.41 Å². The lowest BCUT2D eigenvalue weighted by atomic mass is 9.74. The first kappa shape index (κ1) is 14.5. The number of carbonyl (C=O) groups excluding carboxylic acids is 1. The standard InChI is InChI=1S/C15H24N2OS/c1-4-12-13(11-18)19-14(16-12)17-9-7-15(5-2,6-3)8-10-17/h11H,4-10H2,1-3H3. The molecule has 1 aromatic rings. The summed E-state index contributed by atoms with van der Waals surface area (Å²) >= 11 is 1.55. The van der Waals surface area contributed by atoms with E-state index in [9.17, 15) is 4.79 Å². The Kier molecular flexibility index (Phi) is 4.61. The van der Waals surface area contributed by atoms with Gasteiger partial charge in [-0.05, 0) is 24.7 Å². The van der Waals surface area contributed by atoms with Gasteiger partial charge in [0.05, 0.1) is 10.6 Å². The first-order valence-corrected chi connectivity index (χ1v) is 8.19. The zero-order valence-corrected chi connectivity index (χ0v) is 13.1. The predicted molar refractivity (Wildman–Crippen MR) is 81.3 cm³/mol. The molecule has 0 aliphatic carbocycles. The van der Waals surface area contributed by atoms with Crippen LogP contribution >= 0.6 is 11.3 Å². The Labute approximate surface area is 120 Å². The molecule has 1 aliphatic rings. The van der Waals surface area contributed by atoms with Gasteiger partial charge in [0.15, 0.2) is 11.4 Å². The molecule has 0 unspecified atom stereocenters. The molecule has 0 N–H and O–H groups in total. The zero-order valence-electron chi connectivity index (χ0n) is 12.2. The molecule has 0 aromatic carbocycles. The number of thiazole rings is 1. The highest BCUT2D eigenvalue weighted by atomic mass is 32.1. The van der Waals surface area contributed by atoms with E-state index in [2.05, 4.69) is 30.7 Å². The van der Waals surface area contributed by atoms with Crippen LogP contribution in [0.5, 0.6) is 0 Å². The van der Waals surface area contributed by atoms with Gasteiger partial charge in [-0.3, -0.25) is 4.79 Å². The van der Waals surface area contributed by atoms with Crippen molar-refractivity contribution in [1.82, 2.24) is 4.98 Å². The second-order valence-corrected chi connectivity index (χ2v) is 6.48. The van der Waals surface area contributed by atoms with Crippen LogP contribution in [0.4, 0.5) is 5.13 Å². The second-order valence-electron chi connectivity index (χ2n) is 5.47. The number of aryl methyl sites for hydroxylation is 1. The highest BCUT2D eigenvalue weighted by Gasteiger charge is 2.32. The zero-order chi connectivity index (χ0) is 13.9. The van der Waals surface area contributed by atoms with E-state index in [-0.39, 0.29) is 0 Å². The van der Waals surface area contributed by atoms with Crippen molar-refractivity contribution in [3.8, 4) is 0 Å². The summed E-state index contributed by atoms with van der Waals surface area (Å²) in [5.41, 5.74) is 1.49. The lowest BCUT2D eigenvalue weighted by molar-refractivity contribution is 0.112. The summed E-state index contributed by atoms with van der Waals surface area (Å²) in [6.45, 7) is 8.83. The monoisotopic (exact) mass is 280 g/mol. The van der Waals surface area contributed by atoms with Crippen LogP contribution < -0.4 is 4.90 Å². The van der Waals surface area contributed by atoms with Crippen molar-refractivity contribution in [3.63, 3.8) is 0 Å². The van der Waals surface area contributed by atoms with Gasteiger partial charge in [-0.15, -0.1) is 0 Å². The van der Waals surface area contributed by atoms with Crippen LogP contribution in [-0.4, -0.2) is 24.4 Å². The molecular weight excluding hydrogens is 256 g/mol. The molecule has 0 radical (unpaired) electrons. The van der Waals surface area contributed by atoms with Crippen molar-refractivity contribution in [2.45, 2.75) is 52.9 Å². The molecule has 0 spiro atoms. The number of anilines is 1. The van der Waals surface area contributed by atoms with Crippen molar-refractivity contribution in [2.75, 3.05) is 18.0 Å². The van der Waals surface area contributed by atoms with Crippen molar-refractivity contribution < 1.29 is 4.79 Å². The average Bonchev–Trinajstić information content (AvgIpc) is 2.90. The van der Waals surface area contributed by atoms with E-state index < -0.39 is 0 Å². The van der Waals surface area contributed by atoms with E-state index in [1.54, 1.807) is 11.3 Å². The van der Waals surface area contributed by atoms with Crippen LogP contribution in [0, 0.1) is 5.41 Å². The molecule has 0 bridgehead atoms. The van der Waals surface area contributed by atoms with Crippen LogP contribution in [0.1, 0.15) is 61.8 Å². The van der Waals surface area contributed by atoms with Crippen LogP contribution in [-0.2, 0) is 6.42 Å². The Balaban J connectivity index is 2.09. The molecule has 3 nitrogen and oxygen atoms in total. The van der Waals surface area contributed by atoms with E-state index in [0.717, 1.165) is 41.5 Å². The Morgan fingerprint density at radius 2 is 1.89 bits per heavy atom. The molecule has 1 aliphatic heterocycles. The quantitative estimate of drug-likeness (QED) is 0.766. The molecule has 19 heavy (non-hydrogen) atoms. The fraction of sp³-hybridized carbons (Fsp3) is 0.733. The third-order valence-corrected chi connectivity index (χ3v) is 5.84. The Morgan fingerprint density at radius 1 is 1.26 bits per heavy atom. The molecule has 1 saturated heterocycles. The number of hydrogen-bond donors (Lipinski definition) is 0. The molecular formula is C15H24N2OS. The molecule has 1 aromatic heterocycles. The van der Waals surface area contributed by atoms with Crippen LogP contribution in [0.25, 0.3) is 0 Å². The maximum absolute atomic E-state index is 11.0. The van der Waals surface area contributed by atoms with Crippen LogP contribution in [0.15, 0.2) is 0 Å². The van der Waals surface area contributed by atoms with Crippen molar-refractivity contribution in [3.05, 3.63) is 10.6 Å². The molecule has 106 valence electrons. The van der Waals surface area contributed by atoms with Gasteiger partial charge in [-0.2, -0.15) is 0 Å². The Morgan fingerprint density at radius 3 is 2.32 bits per heavy atom.